The zero-order valence-corrected chi connectivity index (χ0v) is 9.28. The number of methoxy groups -OCH3 is 2. The van der Waals surface area contributed by atoms with Gasteiger partial charge in [-0.05, 0) is 0 Å². The second kappa shape index (κ2) is 4.86. The molecule has 0 aliphatic rings. The van der Waals surface area contributed by atoms with Gasteiger partial charge < -0.3 is 19.7 Å². The zero-order chi connectivity index (χ0) is 14.0. The Morgan fingerprint density at radius 1 is 0.889 bits per heavy atom. The van der Waals surface area contributed by atoms with Crippen molar-refractivity contribution in [2.75, 3.05) is 14.2 Å². The van der Waals surface area contributed by atoms with Gasteiger partial charge in [-0.1, -0.05) is 0 Å². The fraction of sp³-hybridized carbons (Fsp3) is 0.200. The molecule has 0 fully saturated rings. The molecule has 0 aliphatic heterocycles. The quantitative estimate of drug-likeness (QED) is 0.851. The van der Waals surface area contributed by atoms with Crippen LogP contribution in [0.3, 0.4) is 0 Å². The summed E-state index contributed by atoms with van der Waals surface area (Å²) < 4.78 is 36.5. The average Bonchev–Trinajstić information content (AvgIpc) is 2.29. The fourth-order valence-electron chi connectivity index (χ4n) is 1.41. The smallest absolute Gasteiger partial charge is 0.339 e. The van der Waals surface area contributed by atoms with Crippen molar-refractivity contribution in [2.45, 2.75) is 0 Å². The normalized spacial score (nSPS) is 10.0. The highest BCUT2D eigenvalue weighted by atomic mass is 19.1. The van der Waals surface area contributed by atoms with Crippen molar-refractivity contribution in [3.8, 4) is 11.5 Å². The largest absolute Gasteiger partial charge is 0.490 e. The van der Waals surface area contributed by atoms with E-state index < -0.39 is 46.2 Å². The first kappa shape index (κ1) is 13.7. The average molecular weight is 262 g/mol. The van der Waals surface area contributed by atoms with Gasteiger partial charge in [0.1, 0.15) is 11.1 Å². The van der Waals surface area contributed by atoms with E-state index in [4.69, 9.17) is 10.2 Å². The van der Waals surface area contributed by atoms with Gasteiger partial charge in [-0.3, -0.25) is 0 Å². The van der Waals surface area contributed by atoms with E-state index in [9.17, 15) is 18.4 Å². The maximum Gasteiger partial charge on any atom is 0.339 e. The Morgan fingerprint density at radius 2 is 1.17 bits per heavy atom. The highest BCUT2D eigenvalue weighted by molar-refractivity contribution is 6.03. The summed E-state index contributed by atoms with van der Waals surface area (Å²) in [6.45, 7) is 0. The number of rotatable bonds is 4. The van der Waals surface area contributed by atoms with Gasteiger partial charge in [0.25, 0.3) is 0 Å². The van der Waals surface area contributed by atoms with Gasteiger partial charge in [-0.15, -0.1) is 0 Å². The van der Waals surface area contributed by atoms with Crippen molar-refractivity contribution in [1.29, 1.82) is 0 Å². The van der Waals surface area contributed by atoms with Crippen LogP contribution in [0.4, 0.5) is 8.78 Å². The van der Waals surface area contributed by atoms with Crippen LogP contribution < -0.4 is 9.47 Å². The summed E-state index contributed by atoms with van der Waals surface area (Å²) in [6, 6.07) is 0. The Morgan fingerprint density at radius 3 is 1.33 bits per heavy atom. The van der Waals surface area contributed by atoms with Crippen LogP contribution in [-0.2, 0) is 0 Å². The molecular weight excluding hydrogens is 254 g/mol. The molecule has 0 unspecified atom stereocenters. The molecule has 98 valence electrons. The van der Waals surface area contributed by atoms with Gasteiger partial charge in [0.05, 0.1) is 14.2 Å². The molecule has 18 heavy (non-hydrogen) atoms. The van der Waals surface area contributed by atoms with Crippen molar-refractivity contribution in [3.63, 3.8) is 0 Å². The van der Waals surface area contributed by atoms with E-state index in [0.29, 0.717) is 0 Å². The van der Waals surface area contributed by atoms with Gasteiger partial charge in [0.15, 0.2) is 11.6 Å². The SMILES string of the molecule is COc1c(F)c(C(=O)O)c(C(=O)O)c(F)c1OC. The van der Waals surface area contributed by atoms with Gasteiger partial charge in [0.2, 0.25) is 11.5 Å². The predicted molar refractivity (Wildman–Crippen MR) is 53.4 cm³/mol. The second-order valence-electron chi connectivity index (χ2n) is 3.05. The van der Waals surface area contributed by atoms with Crippen LogP contribution in [0, 0.1) is 11.6 Å². The van der Waals surface area contributed by atoms with E-state index in [2.05, 4.69) is 9.47 Å². The molecule has 2 N–H and O–H groups in total. The Hall–Kier alpha value is -2.38. The number of carboxylic acid groups (broad SMARTS) is 2. The molecule has 0 radical (unpaired) electrons. The monoisotopic (exact) mass is 262 g/mol. The van der Waals surface area contributed by atoms with Gasteiger partial charge >= 0.3 is 11.9 Å². The zero-order valence-electron chi connectivity index (χ0n) is 9.28. The lowest BCUT2D eigenvalue weighted by molar-refractivity contribution is 0.0640. The standard InChI is InChI=1S/C10H8F2O6/c1-17-7-5(11)3(9(13)14)4(10(15)16)6(12)8(7)18-2/h1-2H3,(H,13,14)(H,15,16). The first-order valence-corrected chi connectivity index (χ1v) is 4.46. The Bertz CT molecular complexity index is 479. The molecule has 0 amide bonds. The molecule has 0 spiro atoms. The molecule has 0 heterocycles. The predicted octanol–water partition coefficient (Wildman–Crippen LogP) is 1.38. The van der Waals surface area contributed by atoms with Crippen molar-refractivity contribution in [3.05, 3.63) is 22.8 Å². The van der Waals surface area contributed by atoms with Crippen LogP contribution in [0.2, 0.25) is 0 Å². The number of ether oxygens (including phenoxy) is 2. The van der Waals surface area contributed by atoms with Crippen molar-refractivity contribution >= 4 is 11.9 Å². The highest BCUT2D eigenvalue weighted by Crippen LogP contribution is 2.38. The first-order valence-electron chi connectivity index (χ1n) is 4.46. The summed E-state index contributed by atoms with van der Waals surface area (Å²) in [7, 11) is 1.93. The second-order valence-corrected chi connectivity index (χ2v) is 3.05. The summed E-state index contributed by atoms with van der Waals surface area (Å²) in [5.41, 5.74) is -2.64. The van der Waals surface area contributed by atoms with Crippen molar-refractivity contribution in [2.24, 2.45) is 0 Å². The maximum absolute atomic E-state index is 13.8. The summed E-state index contributed by atoms with van der Waals surface area (Å²) in [5.74, 6) is -8.49. The maximum atomic E-state index is 13.8. The highest BCUT2D eigenvalue weighted by Gasteiger charge is 2.33. The minimum absolute atomic E-state index is 0.808. The first-order chi connectivity index (χ1) is 8.36. The summed E-state index contributed by atoms with van der Waals surface area (Å²) in [5, 5.41) is 17.5. The van der Waals surface area contributed by atoms with Crippen molar-refractivity contribution in [1.82, 2.24) is 0 Å². The molecule has 0 aliphatic carbocycles. The van der Waals surface area contributed by atoms with E-state index in [1.807, 2.05) is 0 Å². The molecule has 0 bridgehead atoms. The Kier molecular flexibility index (Phi) is 3.70. The molecule has 0 aromatic heterocycles. The molecule has 1 rings (SSSR count). The van der Waals surface area contributed by atoms with Crippen molar-refractivity contribution < 1.29 is 38.1 Å². The molecule has 0 atom stereocenters. The number of aromatic carboxylic acids is 2. The Labute approximate surface area is 99.4 Å². The lowest BCUT2D eigenvalue weighted by atomic mass is 10.0. The summed E-state index contributed by atoms with van der Waals surface area (Å²) in [6.07, 6.45) is 0. The number of carboxylic acids is 2. The Balaban J connectivity index is 3.86. The van der Waals surface area contributed by atoms with E-state index in [1.165, 1.54) is 0 Å². The van der Waals surface area contributed by atoms with Crippen LogP contribution in [-0.4, -0.2) is 36.4 Å². The van der Waals surface area contributed by atoms with Crippen LogP contribution in [0.15, 0.2) is 0 Å². The molecule has 8 heteroatoms. The topological polar surface area (TPSA) is 93.1 Å². The van der Waals surface area contributed by atoms with E-state index >= 15 is 0 Å². The third-order valence-electron chi connectivity index (χ3n) is 2.13. The van der Waals surface area contributed by atoms with Gasteiger partial charge in [-0.25, -0.2) is 18.4 Å². The molecule has 1 aromatic carbocycles. The molecule has 0 saturated heterocycles. The number of halogens is 2. The van der Waals surface area contributed by atoms with E-state index in [1.54, 1.807) is 0 Å². The third-order valence-corrected chi connectivity index (χ3v) is 2.13. The van der Waals surface area contributed by atoms with Crippen LogP contribution in [0.1, 0.15) is 20.7 Å². The lowest BCUT2D eigenvalue weighted by Crippen LogP contribution is -2.15. The molecule has 6 nitrogen and oxygen atoms in total. The molecule has 1 aromatic rings. The molecule has 0 saturated carbocycles. The minimum atomic E-state index is -1.93. The summed E-state index contributed by atoms with van der Waals surface area (Å²) >= 11 is 0. The molecular formula is C10H8F2O6. The third kappa shape index (κ3) is 1.92. The van der Waals surface area contributed by atoms with Crippen LogP contribution in [0.25, 0.3) is 0 Å². The minimum Gasteiger partial charge on any atom is -0.490 e. The van der Waals surface area contributed by atoms with Crippen LogP contribution in [0.5, 0.6) is 11.5 Å². The van der Waals surface area contributed by atoms with Gasteiger partial charge in [-0.2, -0.15) is 0 Å². The van der Waals surface area contributed by atoms with E-state index in [0.717, 1.165) is 14.2 Å². The number of carbonyl (C=O) groups is 2. The number of hydrogen-bond acceptors (Lipinski definition) is 4. The number of benzene rings is 1. The van der Waals surface area contributed by atoms with Gasteiger partial charge in [0, 0.05) is 0 Å². The number of hydrogen-bond donors (Lipinski definition) is 2. The van der Waals surface area contributed by atoms with E-state index in [-0.39, 0.29) is 0 Å². The lowest BCUT2D eigenvalue weighted by Gasteiger charge is -2.13. The fourth-order valence-corrected chi connectivity index (χ4v) is 1.41. The van der Waals surface area contributed by atoms with Crippen LogP contribution >= 0.6 is 0 Å². The summed E-state index contributed by atoms with van der Waals surface area (Å²) in [4.78, 5) is 21.6.